The second kappa shape index (κ2) is 14.2. The molecule has 4 rings (SSSR count). The molecule has 0 bridgehead atoms. The van der Waals surface area contributed by atoms with Crippen molar-refractivity contribution in [2.24, 2.45) is 0 Å². The molecule has 0 spiro atoms. The number of benzene rings is 4. The summed E-state index contributed by atoms with van der Waals surface area (Å²) in [6.45, 7) is -0.770. The van der Waals surface area contributed by atoms with Gasteiger partial charge in [0.2, 0.25) is 11.8 Å². The van der Waals surface area contributed by atoms with Gasteiger partial charge < -0.3 is 15.0 Å². The first-order valence-corrected chi connectivity index (χ1v) is 15.2. The molecule has 0 unspecified atom stereocenters. The second-order valence-corrected chi connectivity index (χ2v) is 11.9. The Labute approximate surface area is 255 Å². The van der Waals surface area contributed by atoms with E-state index in [4.69, 9.17) is 16.3 Å². The maximum absolute atomic E-state index is 14.3. The summed E-state index contributed by atoms with van der Waals surface area (Å²) in [7, 11) is -1.48. The van der Waals surface area contributed by atoms with Gasteiger partial charge in [-0.05, 0) is 53.6 Å². The van der Waals surface area contributed by atoms with Gasteiger partial charge in [-0.3, -0.25) is 13.9 Å². The fourth-order valence-electron chi connectivity index (χ4n) is 4.60. The monoisotopic (exact) mass is 623 g/mol. The van der Waals surface area contributed by atoms with E-state index in [2.05, 4.69) is 5.32 Å². The van der Waals surface area contributed by atoms with Crippen molar-refractivity contribution in [2.75, 3.05) is 25.0 Å². The highest BCUT2D eigenvalue weighted by Gasteiger charge is 2.35. The van der Waals surface area contributed by atoms with Gasteiger partial charge in [-0.15, -0.1) is 0 Å². The topological polar surface area (TPSA) is 96.0 Å². The molecule has 0 saturated heterocycles. The van der Waals surface area contributed by atoms with Gasteiger partial charge >= 0.3 is 0 Å². The van der Waals surface area contributed by atoms with Crippen LogP contribution in [0.3, 0.4) is 0 Å². The molecule has 4 aromatic carbocycles. The van der Waals surface area contributed by atoms with E-state index >= 15 is 0 Å². The Morgan fingerprint density at radius 1 is 0.907 bits per heavy atom. The van der Waals surface area contributed by atoms with Gasteiger partial charge in [0.15, 0.2) is 0 Å². The molecule has 43 heavy (non-hydrogen) atoms. The minimum atomic E-state index is -4.32. The molecular formula is C32H31ClFN3O5S. The molecule has 0 aliphatic carbocycles. The third-order valence-corrected chi connectivity index (χ3v) is 8.81. The molecule has 0 heterocycles. The number of likely N-dealkylation sites (N-methyl/N-ethyl adjacent to an activating group) is 1. The van der Waals surface area contributed by atoms with E-state index in [9.17, 15) is 22.4 Å². The second-order valence-electron chi connectivity index (χ2n) is 9.61. The Hall–Kier alpha value is -4.41. The normalized spacial score (nSPS) is 11.8. The third-order valence-electron chi connectivity index (χ3n) is 6.80. The molecule has 0 aliphatic rings. The summed E-state index contributed by atoms with van der Waals surface area (Å²) in [6, 6.07) is 25.8. The van der Waals surface area contributed by atoms with Crippen LogP contribution in [0.4, 0.5) is 10.1 Å². The quantitative estimate of drug-likeness (QED) is 0.238. The summed E-state index contributed by atoms with van der Waals surface area (Å²) < 4.78 is 48.2. The zero-order valence-corrected chi connectivity index (χ0v) is 25.2. The van der Waals surface area contributed by atoms with Crippen molar-refractivity contribution in [3.05, 3.63) is 125 Å². The minimum Gasteiger partial charge on any atom is -0.495 e. The maximum atomic E-state index is 14.3. The summed E-state index contributed by atoms with van der Waals surface area (Å²) in [4.78, 5) is 28.9. The summed E-state index contributed by atoms with van der Waals surface area (Å²) in [5, 5.41) is 2.85. The molecular weight excluding hydrogens is 593 g/mol. The number of carbonyl (C=O) groups excluding carboxylic acids is 2. The summed E-state index contributed by atoms with van der Waals surface area (Å²) in [6.07, 6.45) is 0.152. The van der Waals surface area contributed by atoms with Crippen molar-refractivity contribution in [1.29, 1.82) is 0 Å². The Bertz CT molecular complexity index is 1660. The van der Waals surface area contributed by atoms with Crippen molar-refractivity contribution in [2.45, 2.75) is 23.9 Å². The molecule has 0 saturated carbocycles. The Morgan fingerprint density at radius 3 is 2.14 bits per heavy atom. The Balaban J connectivity index is 1.82. The van der Waals surface area contributed by atoms with Crippen molar-refractivity contribution >= 4 is 39.1 Å². The number of carbonyl (C=O) groups is 2. The average Bonchev–Trinajstić information content (AvgIpc) is 3.02. The molecule has 0 aromatic heterocycles. The number of nitrogens with zero attached hydrogens (tertiary/aromatic N) is 2. The first kappa shape index (κ1) is 31.5. The third kappa shape index (κ3) is 7.71. The molecule has 11 heteroatoms. The number of halogens is 2. The zero-order valence-electron chi connectivity index (χ0n) is 23.6. The molecule has 8 nitrogen and oxygen atoms in total. The van der Waals surface area contributed by atoms with Crippen LogP contribution in [0, 0.1) is 5.82 Å². The maximum Gasteiger partial charge on any atom is 0.264 e. The van der Waals surface area contributed by atoms with Crippen molar-refractivity contribution in [3.8, 4) is 5.75 Å². The average molecular weight is 624 g/mol. The highest BCUT2D eigenvalue weighted by molar-refractivity contribution is 7.92. The van der Waals surface area contributed by atoms with Gasteiger partial charge in [0.05, 0.1) is 17.7 Å². The number of ether oxygens (including phenoxy) is 1. The first-order chi connectivity index (χ1) is 20.6. The highest BCUT2D eigenvalue weighted by Crippen LogP contribution is 2.35. The summed E-state index contributed by atoms with van der Waals surface area (Å²) in [5.41, 5.74) is 1.39. The van der Waals surface area contributed by atoms with Crippen LogP contribution in [-0.4, -0.2) is 51.9 Å². The Morgan fingerprint density at radius 2 is 1.53 bits per heavy atom. The largest absolute Gasteiger partial charge is 0.495 e. The van der Waals surface area contributed by atoms with Crippen LogP contribution < -0.4 is 14.4 Å². The van der Waals surface area contributed by atoms with E-state index in [1.54, 1.807) is 24.3 Å². The smallest absolute Gasteiger partial charge is 0.264 e. The lowest BCUT2D eigenvalue weighted by Gasteiger charge is -2.34. The Kier molecular flexibility index (Phi) is 10.4. The van der Waals surface area contributed by atoms with E-state index in [0.717, 1.165) is 9.87 Å². The predicted octanol–water partition coefficient (Wildman–Crippen LogP) is 5.07. The molecule has 0 aliphatic heterocycles. The van der Waals surface area contributed by atoms with Gasteiger partial charge in [0, 0.05) is 25.0 Å². The van der Waals surface area contributed by atoms with Gasteiger partial charge in [0.1, 0.15) is 24.2 Å². The number of hydrogen-bond acceptors (Lipinski definition) is 5. The summed E-state index contributed by atoms with van der Waals surface area (Å²) in [5.74, 6) is -1.40. The number of nitrogens with one attached hydrogen (secondary N) is 1. The van der Waals surface area contributed by atoms with Crippen LogP contribution >= 0.6 is 11.6 Å². The van der Waals surface area contributed by atoms with Crippen LogP contribution in [0.15, 0.2) is 108 Å². The van der Waals surface area contributed by atoms with Crippen LogP contribution in [0.5, 0.6) is 5.75 Å². The molecule has 0 radical (unpaired) electrons. The van der Waals surface area contributed by atoms with Crippen LogP contribution in [0.1, 0.15) is 11.1 Å². The standard InChI is InChI=1S/C32H31ClFN3O5S/c1-35-32(39)29(19-23-9-5-3-6-10-23)36(21-24-13-16-26(34)17-14-24)31(38)22-37(28-20-25(33)15-18-30(28)42-2)43(40,41)27-11-7-4-8-12-27/h3-18,20,29H,19,21-22H2,1-2H3,(H,35,39)/t29-/m0/s1. The van der Waals surface area contributed by atoms with Gasteiger partial charge in [-0.2, -0.15) is 0 Å². The highest BCUT2D eigenvalue weighted by atomic mass is 35.5. The molecule has 2 amide bonds. The fraction of sp³-hybridized carbons (Fsp3) is 0.188. The number of anilines is 1. The van der Waals surface area contributed by atoms with Gasteiger partial charge in [-0.25, -0.2) is 12.8 Å². The van der Waals surface area contributed by atoms with Gasteiger partial charge in [0.25, 0.3) is 10.0 Å². The van der Waals surface area contributed by atoms with E-state index in [1.165, 1.54) is 67.6 Å². The van der Waals surface area contributed by atoms with E-state index in [0.29, 0.717) is 5.56 Å². The molecule has 224 valence electrons. The van der Waals surface area contributed by atoms with Crippen molar-refractivity contribution in [1.82, 2.24) is 10.2 Å². The fourth-order valence-corrected chi connectivity index (χ4v) is 6.20. The number of amides is 2. The minimum absolute atomic E-state index is 0.0495. The van der Waals surface area contributed by atoms with Crippen LogP contribution in [0.2, 0.25) is 5.02 Å². The lowest BCUT2D eigenvalue weighted by molar-refractivity contribution is -0.139. The molecule has 0 fully saturated rings. The molecule has 4 aromatic rings. The molecule has 1 atom stereocenters. The zero-order chi connectivity index (χ0) is 31.0. The lowest BCUT2D eigenvalue weighted by atomic mass is 10.0. The van der Waals surface area contributed by atoms with Crippen LogP contribution in [0.25, 0.3) is 0 Å². The number of rotatable bonds is 12. The SMILES string of the molecule is CNC(=O)[C@H](Cc1ccccc1)N(Cc1ccc(F)cc1)C(=O)CN(c1cc(Cl)ccc1OC)S(=O)(=O)c1ccccc1. The van der Waals surface area contributed by atoms with Crippen molar-refractivity contribution in [3.63, 3.8) is 0 Å². The van der Waals surface area contributed by atoms with Crippen molar-refractivity contribution < 1.29 is 27.1 Å². The van der Waals surface area contributed by atoms with E-state index < -0.39 is 40.2 Å². The van der Waals surface area contributed by atoms with Gasteiger partial charge in [-0.1, -0.05) is 72.3 Å². The first-order valence-electron chi connectivity index (χ1n) is 13.3. The number of methoxy groups -OCH3 is 1. The number of hydrogen-bond donors (Lipinski definition) is 1. The van der Waals surface area contributed by atoms with E-state index in [-0.39, 0.29) is 34.3 Å². The van der Waals surface area contributed by atoms with E-state index in [1.807, 2.05) is 30.3 Å². The van der Waals surface area contributed by atoms with Crippen LogP contribution in [-0.2, 0) is 32.6 Å². The summed E-state index contributed by atoms with van der Waals surface area (Å²) >= 11 is 6.28. The molecule has 1 N–H and O–H groups in total. The number of sulfonamides is 1. The lowest BCUT2D eigenvalue weighted by Crippen LogP contribution is -2.53. The predicted molar refractivity (Wildman–Crippen MR) is 164 cm³/mol.